The Morgan fingerprint density at radius 3 is 2.53 bits per heavy atom. The van der Waals surface area contributed by atoms with Crippen molar-refractivity contribution in [1.82, 2.24) is 9.47 Å². The number of rotatable bonds is 4. The summed E-state index contributed by atoms with van der Waals surface area (Å²) in [6.07, 6.45) is 1.65. The zero-order valence-electron chi connectivity index (χ0n) is 10.4. The van der Waals surface area contributed by atoms with Crippen LogP contribution in [-0.2, 0) is 11.3 Å². The fourth-order valence-electron chi connectivity index (χ4n) is 1.68. The van der Waals surface area contributed by atoms with Gasteiger partial charge in [0.1, 0.15) is 6.54 Å². The lowest BCUT2D eigenvalue weighted by atomic mass is 10.3. The number of hydrogen-bond acceptors (Lipinski definition) is 2. The van der Waals surface area contributed by atoms with E-state index in [1.807, 2.05) is 13.8 Å². The average Bonchev–Trinajstić information content (AvgIpc) is 2.27. The molecule has 5 heteroatoms. The summed E-state index contributed by atoms with van der Waals surface area (Å²) in [4.78, 5) is 25.4. The van der Waals surface area contributed by atoms with E-state index in [1.54, 1.807) is 24.1 Å². The number of halogens is 1. The van der Waals surface area contributed by atoms with Crippen molar-refractivity contribution in [3.05, 3.63) is 32.7 Å². The van der Waals surface area contributed by atoms with Gasteiger partial charge in [0.05, 0.1) is 0 Å². The van der Waals surface area contributed by atoms with Crippen LogP contribution in [0.1, 0.15) is 19.4 Å². The van der Waals surface area contributed by atoms with E-state index >= 15 is 0 Å². The first-order chi connectivity index (χ1) is 7.99. The number of carbonyl (C=O) groups is 1. The molecular formula is C12H17BrN2O2. The second kappa shape index (κ2) is 6.00. The SMILES string of the molecule is CCN(CC)C(=O)Cn1cc(Br)cc(C)c1=O. The van der Waals surface area contributed by atoms with Crippen LogP contribution in [0.2, 0.25) is 0 Å². The number of nitrogens with zero attached hydrogens (tertiary/aromatic N) is 2. The minimum atomic E-state index is -0.117. The maximum Gasteiger partial charge on any atom is 0.253 e. The highest BCUT2D eigenvalue weighted by atomic mass is 79.9. The number of hydrogen-bond donors (Lipinski definition) is 0. The predicted octanol–water partition coefficient (Wildman–Crippen LogP) is 1.79. The van der Waals surface area contributed by atoms with Crippen LogP contribution in [0, 0.1) is 6.92 Å². The van der Waals surface area contributed by atoms with Gasteiger partial charge in [0.25, 0.3) is 5.56 Å². The van der Waals surface area contributed by atoms with Crippen molar-refractivity contribution < 1.29 is 4.79 Å². The third-order valence-corrected chi connectivity index (χ3v) is 3.09. The fraction of sp³-hybridized carbons (Fsp3) is 0.500. The van der Waals surface area contributed by atoms with Crippen LogP contribution in [0.4, 0.5) is 0 Å². The summed E-state index contributed by atoms with van der Waals surface area (Å²) in [7, 11) is 0. The monoisotopic (exact) mass is 300 g/mol. The summed E-state index contributed by atoms with van der Waals surface area (Å²) < 4.78 is 2.25. The first kappa shape index (κ1) is 14.0. The van der Waals surface area contributed by atoms with Crippen LogP contribution in [0.5, 0.6) is 0 Å². The molecule has 0 atom stereocenters. The smallest absolute Gasteiger partial charge is 0.253 e. The molecule has 17 heavy (non-hydrogen) atoms. The van der Waals surface area contributed by atoms with Gasteiger partial charge in [-0.05, 0) is 42.8 Å². The fourth-order valence-corrected chi connectivity index (χ4v) is 2.27. The quantitative estimate of drug-likeness (QED) is 0.851. The van der Waals surface area contributed by atoms with Gasteiger partial charge >= 0.3 is 0 Å². The molecule has 0 bridgehead atoms. The van der Waals surface area contributed by atoms with Crippen LogP contribution >= 0.6 is 15.9 Å². The molecule has 0 N–H and O–H groups in total. The number of likely N-dealkylation sites (N-methyl/N-ethyl adjacent to an activating group) is 1. The Bertz CT molecular complexity index is 464. The van der Waals surface area contributed by atoms with Crippen LogP contribution in [-0.4, -0.2) is 28.5 Å². The van der Waals surface area contributed by atoms with Crippen molar-refractivity contribution in [3.63, 3.8) is 0 Å². The lowest BCUT2D eigenvalue weighted by molar-refractivity contribution is -0.131. The molecule has 0 saturated heterocycles. The lowest BCUT2D eigenvalue weighted by Gasteiger charge is -2.19. The van der Waals surface area contributed by atoms with Crippen LogP contribution < -0.4 is 5.56 Å². The summed E-state index contributed by atoms with van der Waals surface area (Å²) in [6.45, 7) is 7.02. The Morgan fingerprint density at radius 2 is 2.00 bits per heavy atom. The Balaban J connectivity index is 2.96. The molecule has 0 saturated carbocycles. The summed E-state index contributed by atoms with van der Waals surface area (Å²) in [5.74, 6) is -0.0328. The molecule has 0 aromatic carbocycles. The molecule has 1 aromatic rings. The number of carbonyl (C=O) groups excluding carboxylic acids is 1. The summed E-state index contributed by atoms with van der Waals surface area (Å²) in [6, 6.07) is 1.75. The molecular weight excluding hydrogens is 284 g/mol. The van der Waals surface area contributed by atoms with Crippen molar-refractivity contribution in [1.29, 1.82) is 0 Å². The Morgan fingerprint density at radius 1 is 1.41 bits per heavy atom. The third-order valence-electron chi connectivity index (χ3n) is 2.65. The molecule has 1 heterocycles. The van der Waals surface area contributed by atoms with E-state index in [4.69, 9.17) is 0 Å². The lowest BCUT2D eigenvalue weighted by Crippen LogP contribution is -2.36. The number of amides is 1. The number of pyridine rings is 1. The average molecular weight is 301 g/mol. The highest BCUT2D eigenvalue weighted by Gasteiger charge is 2.12. The second-order valence-corrected chi connectivity index (χ2v) is 4.76. The topological polar surface area (TPSA) is 42.3 Å². The van der Waals surface area contributed by atoms with Gasteiger partial charge in [-0.1, -0.05) is 0 Å². The van der Waals surface area contributed by atoms with E-state index in [9.17, 15) is 9.59 Å². The molecule has 1 amide bonds. The van der Waals surface area contributed by atoms with Crippen molar-refractivity contribution >= 4 is 21.8 Å². The largest absolute Gasteiger partial charge is 0.342 e. The summed E-state index contributed by atoms with van der Waals surface area (Å²) >= 11 is 3.32. The molecule has 0 unspecified atom stereocenters. The molecule has 0 fully saturated rings. The molecule has 1 rings (SSSR count). The Labute approximate surface area is 109 Å². The van der Waals surface area contributed by atoms with Crippen molar-refractivity contribution in [3.8, 4) is 0 Å². The van der Waals surface area contributed by atoms with E-state index in [1.165, 1.54) is 4.57 Å². The van der Waals surface area contributed by atoms with E-state index in [0.29, 0.717) is 18.7 Å². The van der Waals surface area contributed by atoms with E-state index in [-0.39, 0.29) is 18.0 Å². The molecule has 1 aromatic heterocycles. The van der Waals surface area contributed by atoms with Gasteiger partial charge < -0.3 is 9.47 Å². The maximum absolute atomic E-state index is 11.9. The van der Waals surface area contributed by atoms with Gasteiger partial charge in [0.15, 0.2) is 0 Å². The van der Waals surface area contributed by atoms with Crippen molar-refractivity contribution in [2.75, 3.05) is 13.1 Å². The zero-order valence-corrected chi connectivity index (χ0v) is 12.0. The Kier molecular flexibility index (Phi) is 4.93. The molecule has 0 aliphatic rings. The third kappa shape index (κ3) is 3.43. The second-order valence-electron chi connectivity index (χ2n) is 3.84. The standard InChI is InChI=1S/C12H17BrN2O2/c1-4-14(5-2)11(16)8-15-7-10(13)6-9(3)12(15)17/h6-7H,4-5,8H2,1-3H3. The minimum Gasteiger partial charge on any atom is -0.342 e. The van der Waals surface area contributed by atoms with Crippen LogP contribution in [0.15, 0.2) is 21.5 Å². The summed E-state index contributed by atoms with van der Waals surface area (Å²) in [5.41, 5.74) is 0.514. The van der Waals surface area contributed by atoms with E-state index in [2.05, 4.69) is 15.9 Å². The molecule has 0 aliphatic heterocycles. The van der Waals surface area contributed by atoms with Crippen molar-refractivity contribution in [2.24, 2.45) is 0 Å². The zero-order chi connectivity index (χ0) is 13.0. The van der Waals surface area contributed by atoms with E-state index in [0.717, 1.165) is 4.47 Å². The number of aromatic nitrogens is 1. The van der Waals surface area contributed by atoms with Gasteiger partial charge in [-0.2, -0.15) is 0 Å². The van der Waals surface area contributed by atoms with Gasteiger partial charge in [-0.25, -0.2) is 0 Å². The molecule has 94 valence electrons. The summed E-state index contributed by atoms with van der Waals surface area (Å²) in [5, 5.41) is 0. The maximum atomic E-state index is 11.9. The van der Waals surface area contributed by atoms with E-state index < -0.39 is 0 Å². The van der Waals surface area contributed by atoms with Gasteiger partial charge in [-0.15, -0.1) is 0 Å². The van der Waals surface area contributed by atoms with Crippen LogP contribution in [0.25, 0.3) is 0 Å². The highest BCUT2D eigenvalue weighted by molar-refractivity contribution is 9.10. The van der Waals surface area contributed by atoms with Crippen molar-refractivity contribution in [2.45, 2.75) is 27.3 Å². The highest BCUT2D eigenvalue weighted by Crippen LogP contribution is 2.08. The van der Waals surface area contributed by atoms with Gasteiger partial charge in [0.2, 0.25) is 5.91 Å². The Hall–Kier alpha value is -1.10. The normalized spacial score (nSPS) is 10.4. The number of aryl methyl sites for hydroxylation is 1. The predicted molar refractivity (Wildman–Crippen MR) is 71.1 cm³/mol. The first-order valence-corrected chi connectivity index (χ1v) is 6.43. The van der Waals surface area contributed by atoms with Gasteiger partial charge in [0, 0.05) is 29.3 Å². The molecule has 0 radical (unpaired) electrons. The minimum absolute atomic E-state index is 0.0328. The molecule has 4 nitrogen and oxygen atoms in total. The van der Waals surface area contributed by atoms with Crippen LogP contribution in [0.3, 0.4) is 0 Å². The first-order valence-electron chi connectivity index (χ1n) is 5.64. The molecule has 0 aliphatic carbocycles. The van der Waals surface area contributed by atoms with Gasteiger partial charge in [-0.3, -0.25) is 9.59 Å². The molecule has 0 spiro atoms.